The van der Waals surface area contributed by atoms with Gasteiger partial charge in [0.15, 0.2) is 0 Å². The van der Waals surface area contributed by atoms with Gasteiger partial charge in [0.05, 0.1) is 5.56 Å². The zero-order valence-corrected chi connectivity index (χ0v) is 13.3. The fourth-order valence-electron chi connectivity index (χ4n) is 2.75. The lowest BCUT2D eigenvalue weighted by Crippen LogP contribution is -2.39. The first kappa shape index (κ1) is 15.8. The zero-order valence-electron chi connectivity index (χ0n) is 13.3. The smallest absolute Gasteiger partial charge is 0.252 e. The van der Waals surface area contributed by atoms with Crippen LogP contribution in [-0.2, 0) is 0 Å². The summed E-state index contributed by atoms with van der Waals surface area (Å²) in [5.41, 5.74) is 0.623. The zero-order chi connectivity index (χ0) is 15.2. The second-order valence-corrected chi connectivity index (χ2v) is 5.97. The third-order valence-corrected chi connectivity index (χ3v) is 4.15. The van der Waals surface area contributed by atoms with Crippen molar-refractivity contribution in [1.82, 2.24) is 15.2 Å². The van der Waals surface area contributed by atoms with Crippen molar-refractivity contribution in [2.45, 2.75) is 31.7 Å². The third kappa shape index (κ3) is 4.43. The average molecular weight is 290 g/mol. The van der Waals surface area contributed by atoms with Crippen LogP contribution in [0.15, 0.2) is 18.3 Å². The fraction of sp³-hybridized carbons (Fsp3) is 0.625. The summed E-state index contributed by atoms with van der Waals surface area (Å²) in [6.07, 6.45) is 6.50. The van der Waals surface area contributed by atoms with Gasteiger partial charge in [-0.15, -0.1) is 0 Å². The van der Waals surface area contributed by atoms with Crippen molar-refractivity contribution < 1.29 is 4.79 Å². The van der Waals surface area contributed by atoms with Gasteiger partial charge in [-0.05, 0) is 45.0 Å². The highest BCUT2D eigenvalue weighted by atomic mass is 16.1. The van der Waals surface area contributed by atoms with E-state index in [0.29, 0.717) is 11.6 Å². The van der Waals surface area contributed by atoms with Crippen molar-refractivity contribution in [2.75, 3.05) is 39.1 Å². The predicted octanol–water partition coefficient (Wildman–Crippen LogP) is 1.75. The highest BCUT2D eigenvalue weighted by Gasteiger charge is 2.18. The van der Waals surface area contributed by atoms with Crippen molar-refractivity contribution in [3.8, 4) is 0 Å². The first-order valence-electron chi connectivity index (χ1n) is 7.70. The van der Waals surface area contributed by atoms with Crippen LogP contribution in [0.2, 0.25) is 0 Å². The molecule has 1 amide bonds. The second-order valence-electron chi connectivity index (χ2n) is 5.97. The van der Waals surface area contributed by atoms with E-state index in [0.717, 1.165) is 18.8 Å². The van der Waals surface area contributed by atoms with Gasteiger partial charge in [0.1, 0.15) is 5.82 Å². The summed E-state index contributed by atoms with van der Waals surface area (Å²) in [7, 11) is 6.04. The average Bonchev–Trinajstić information content (AvgIpc) is 2.49. The van der Waals surface area contributed by atoms with Crippen molar-refractivity contribution in [2.24, 2.45) is 0 Å². The lowest BCUT2D eigenvalue weighted by atomic mass is 10.0. The van der Waals surface area contributed by atoms with E-state index in [1.165, 1.54) is 25.8 Å². The molecule has 0 saturated carbocycles. The Morgan fingerprint density at radius 3 is 2.86 bits per heavy atom. The number of carbonyl (C=O) groups is 1. The van der Waals surface area contributed by atoms with Crippen molar-refractivity contribution in [3.05, 3.63) is 23.9 Å². The molecule has 1 saturated heterocycles. The molecule has 0 radical (unpaired) electrons. The van der Waals surface area contributed by atoms with Gasteiger partial charge in [-0.25, -0.2) is 4.98 Å². The molecule has 0 spiro atoms. The largest absolute Gasteiger partial charge is 0.363 e. The Morgan fingerprint density at radius 1 is 1.43 bits per heavy atom. The number of hydrogen-bond acceptors (Lipinski definition) is 4. The molecular formula is C16H26N4O. The summed E-state index contributed by atoms with van der Waals surface area (Å²) in [5, 5.41) is 3.00. The predicted molar refractivity (Wildman–Crippen MR) is 85.8 cm³/mol. The van der Waals surface area contributed by atoms with Gasteiger partial charge in [0.2, 0.25) is 0 Å². The van der Waals surface area contributed by atoms with Crippen LogP contribution in [0.4, 0.5) is 5.82 Å². The van der Waals surface area contributed by atoms with E-state index in [9.17, 15) is 4.79 Å². The summed E-state index contributed by atoms with van der Waals surface area (Å²) < 4.78 is 0. The fourth-order valence-corrected chi connectivity index (χ4v) is 2.75. The van der Waals surface area contributed by atoms with E-state index in [1.54, 1.807) is 6.20 Å². The van der Waals surface area contributed by atoms with Crippen LogP contribution in [-0.4, -0.2) is 56.1 Å². The second kappa shape index (κ2) is 7.41. The number of aromatic nitrogens is 1. The molecule has 0 bridgehead atoms. The normalized spacial score (nSPS) is 19.3. The Balaban J connectivity index is 1.78. The number of rotatable bonds is 5. The molecule has 1 aliphatic rings. The Hall–Kier alpha value is -1.62. The van der Waals surface area contributed by atoms with Crippen LogP contribution in [0.3, 0.4) is 0 Å². The maximum Gasteiger partial charge on any atom is 0.252 e. The molecule has 1 aromatic rings. The Morgan fingerprint density at radius 2 is 2.24 bits per heavy atom. The number of carbonyl (C=O) groups excluding carboxylic acids is 1. The Bertz CT molecular complexity index is 458. The maximum absolute atomic E-state index is 12.1. The quantitative estimate of drug-likeness (QED) is 0.897. The lowest BCUT2D eigenvalue weighted by Gasteiger charge is -2.32. The number of anilines is 1. The molecule has 1 N–H and O–H groups in total. The van der Waals surface area contributed by atoms with Crippen molar-refractivity contribution in [3.63, 3.8) is 0 Å². The number of amides is 1. The minimum atomic E-state index is -0.0359. The summed E-state index contributed by atoms with van der Waals surface area (Å²) >= 11 is 0. The number of nitrogens with one attached hydrogen (secondary N) is 1. The van der Waals surface area contributed by atoms with E-state index in [1.807, 2.05) is 31.1 Å². The molecule has 21 heavy (non-hydrogen) atoms. The molecule has 1 aromatic heterocycles. The number of piperidine rings is 1. The summed E-state index contributed by atoms with van der Waals surface area (Å²) in [6, 6.07) is 4.29. The monoisotopic (exact) mass is 290 g/mol. The van der Waals surface area contributed by atoms with Gasteiger partial charge in [-0.1, -0.05) is 6.42 Å². The van der Waals surface area contributed by atoms with Gasteiger partial charge >= 0.3 is 0 Å². The summed E-state index contributed by atoms with van der Waals surface area (Å²) in [4.78, 5) is 20.7. The molecule has 116 valence electrons. The molecule has 0 aromatic carbocycles. The lowest BCUT2D eigenvalue weighted by molar-refractivity contribution is 0.0945. The maximum atomic E-state index is 12.1. The van der Waals surface area contributed by atoms with Crippen LogP contribution < -0.4 is 10.2 Å². The minimum Gasteiger partial charge on any atom is -0.363 e. The van der Waals surface area contributed by atoms with Gasteiger partial charge in [-0.2, -0.15) is 0 Å². The molecule has 1 atom stereocenters. The SMILES string of the molecule is CN(C)c1ccc(C(=O)NCCC2CCCCN2C)cn1. The molecule has 2 heterocycles. The number of likely N-dealkylation sites (tertiary alicyclic amines) is 1. The number of nitrogens with zero attached hydrogens (tertiary/aromatic N) is 3. The first-order valence-corrected chi connectivity index (χ1v) is 7.70. The van der Waals surface area contributed by atoms with Crippen molar-refractivity contribution in [1.29, 1.82) is 0 Å². The molecule has 1 aliphatic heterocycles. The molecule has 2 rings (SSSR count). The van der Waals surface area contributed by atoms with Crippen LogP contribution in [0.1, 0.15) is 36.0 Å². The highest BCUT2D eigenvalue weighted by Crippen LogP contribution is 2.17. The number of hydrogen-bond donors (Lipinski definition) is 1. The molecular weight excluding hydrogens is 264 g/mol. The number of pyridine rings is 1. The first-order chi connectivity index (χ1) is 10.1. The molecule has 1 unspecified atom stereocenters. The van der Waals surface area contributed by atoms with Gasteiger partial charge in [0.25, 0.3) is 5.91 Å². The van der Waals surface area contributed by atoms with Crippen molar-refractivity contribution >= 4 is 11.7 Å². The highest BCUT2D eigenvalue weighted by molar-refractivity contribution is 5.94. The van der Waals surface area contributed by atoms with Crippen LogP contribution in [0.25, 0.3) is 0 Å². The van der Waals surface area contributed by atoms with Crippen LogP contribution in [0, 0.1) is 0 Å². The van der Waals surface area contributed by atoms with E-state index in [4.69, 9.17) is 0 Å². The Labute approximate surface area is 127 Å². The molecule has 0 aliphatic carbocycles. The molecule has 5 heteroatoms. The Kier molecular flexibility index (Phi) is 5.56. The minimum absolute atomic E-state index is 0.0359. The van der Waals surface area contributed by atoms with Gasteiger partial charge in [0, 0.05) is 32.9 Å². The topological polar surface area (TPSA) is 48.5 Å². The van der Waals surface area contributed by atoms with Gasteiger partial charge in [-0.3, -0.25) is 4.79 Å². The summed E-state index contributed by atoms with van der Waals surface area (Å²) in [6.45, 7) is 1.90. The van der Waals surface area contributed by atoms with Crippen LogP contribution in [0.5, 0.6) is 0 Å². The molecule has 1 fully saturated rings. The van der Waals surface area contributed by atoms with E-state index in [2.05, 4.69) is 22.2 Å². The van der Waals surface area contributed by atoms with Crippen LogP contribution >= 0.6 is 0 Å². The summed E-state index contributed by atoms with van der Waals surface area (Å²) in [5.74, 6) is 0.821. The van der Waals surface area contributed by atoms with E-state index < -0.39 is 0 Å². The van der Waals surface area contributed by atoms with E-state index in [-0.39, 0.29) is 5.91 Å². The standard InChI is InChI=1S/C16H26N4O/c1-19(2)15-8-7-13(12-18-15)16(21)17-10-9-14-6-4-5-11-20(14)3/h7-8,12,14H,4-6,9-11H2,1-3H3,(H,17,21). The third-order valence-electron chi connectivity index (χ3n) is 4.15. The molecule has 5 nitrogen and oxygen atoms in total. The van der Waals surface area contributed by atoms with E-state index >= 15 is 0 Å². The van der Waals surface area contributed by atoms with Gasteiger partial charge < -0.3 is 15.1 Å².